The number of hydrogen-bond donors (Lipinski definition) is 3. The van der Waals surface area contributed by atoms with Crippen molar-refractivity contribution >= 4 is 17.5 Å². The lowest BCUT2D eigenvalue weighted by Gasteiger charge is -2.15. The lowest BCUT2D eigenvalue weighted by molar-refractivity contribution is -0.862. The molecule has 0 saturated carbocycles. The summed E-state index contributed by atoms with van der Waals surface area (Å²) in [5.41, 5.74) is 3.25. The minimum atomic E-state index is -0.346. The van der Waals surface area contributed by atoms with E-state index in [9.17, 15) is 14.0 Å². The molecule has 0 fully saturated rings. The number of hydrogen-bond acceptors (Lipinski definition) is 2. The van der Waals surface area contributed by atoms with Crippen molar-refractivity contribution in [2.45, 2.75) is 20.4 Å². The Morgan fingerprint density at radius 1 is 0.962 bits per heavy atom. The van der Waals surface area contributed by atoms with E-state index in [2.05, 4.69) is 10.6 Å². The van der Waals surface area contributed by atoms with Gasteiger partial charge in [0.2, 0.25) is 0 Å². The molecular weight excluding hydrogens is 333 g/mol. The van der Waals surface area contributed by atoms with Crippen LogP contribution in [0.15, 0.2) is 42.5 Å². The first-order valence-corrected chi connectivity index (χ1v) is 8.54. The number of carbonyl (C=O) groups is 2. The molecule has 0 heterocycles. The summed E-state index contributed by atoms with van der Waals surface area (Å²) in [6, 6.07) is 12.1. The number of benzene rings is 2. The molecule has 1 unspecified atom stereocenters. The molecule has 6 heteroatoms. The van der Waals surface area contributed by atoms with Crippen molar-refractivity contribution in [3.8, 4) is 0 Å². The molecule has 0 radical (unpaired) electrons. The third kappa shape index (κ3) is 5.67. The predicted octanol–water partition coefficient (Wildman–Crippen LogP) is 1.21. The van der Waals surface area contributed by atoms with Gasteiger partial charge in [0.15, 0.2) is 13.1 Å². The van der Waals surface area contributed by atoms with Gasteiger partial charge in [0.25, 0.3) is 11.8 Å². The molecule has 2 rings (SSSR count). The second-order valence-corrected chi connectivity index (χ2v) is 6.49. The molecule has 2 aromatic rings. The van der Waals surface area contributed by atoms with Crippen LogP contribution in [0.3, 0.4) is 0 Å². The van der Waals surface area contributed by atoms with Crippen LogP contribution in [0.25, 0.3) is 0 Å². The molecule has 138 valence electrons. The van der Waals surface area contributed by atoms with E-state index in [1.54, 1.807) is 25.2 Å². The van der Waals surface area contributed by atoms with E-state index in [1.807, 2.05) is 32.0 Å². The summed E-state index contributed by atoms with van der Waals surface area (Å²) in [7, 11) is 1.77. The molecule has 0 bridgehead atoms. The second-order valence-electron chi connectivity index (χ2n) is 6.49. The number of para-hydroxylation sites is 1. The van der Waals surface area contributed by atoms with Crippen molar-refractivity contribution in [2.75, 3.05) is 25.5 Å². The van der Waals surface area contributed by atoms with Crippen molar-refractivity contribution in [1.29, 1.82) is 0 Å². The Kier molecular flexibility index (Phi) is 6.86. The lowest BCUT2D eigenvalue weighted by atomic mass is 10.1. The van der Waals surface area contributed by atoms with Gasteiger partial charge in [-0.3, -0.25) is 9.59 Å². The molecule has 2 aromatic carbocycles. The standard InChI is InChI=1S/C20H24FN3O2/c1-14-7-6-8-15(2)20(14)23-19(26)13-24(3)12-18(25)22-11-16-9-4-5-10-17(16)21/h4-10H,11-13H2,1-3H3,(H,22,25)(H,23,26)/p+1. The highest BCUT2D eigenvalue weighted by Crippen LogP contribution is 2.18. The summed E-state index contributed by atoms with van der Waals surface area (Å²) < 4.78 is 13.5. The lowest BCUT2D eigenvalue weighted by Crippen LogP contribution is -3.11. The summed E-state index contributed by atoms with van der Waals surface area (Å²) in [5, 5.41) is 5.59. The molecule has 0 aliphatic rings. The summed E-state index contributed by atoms with van der Waals surface area (Å²) in [4.78, 5) is 25.0. The molecule has 0 spiro atoms. The Labute approximate surface area is 153 Å². The number of carbonyl (C=O) groups excluding carboxylic acids is 2. The van der Waals surface area contributed by atoms with E-state index in [0.717, 1.165) is 21.7 Å². The van der Waals surface area contributed by atoms with Crippen LogP contribution in [-0.4, -0.2) is 32.0 Å². The molecule has 0 saturated heterocycles. The zero-order valence-electron chi connectivity index (χ0n) is 15.4. The van der Waals surface area contributed by atoms with Crippen LogP contribution in [0.2, 0.25) is 0 Å². The Morgan fingerprint density at radius 3 is 2.23 bits per heavy atom. The second kappa shape index (κ2) is 9.10. The molecular formula is C20H25FN3O2+. The van der Waals surface area contributed by atoms with Crippen molar-refractivity contribution < 1.29 is 18.9 Å². The summed E-state index contributed by atoms with van der Waals surface area (Å²) in [6.07, 6.45) is 0. The van der Waals surface area contributed by atoms with Crippen molar-refractivity contribution in [3.63, 3.8) is 0 Å². The molecule has 2 amide bonds. The van der Waals surface area contributed by atoms with Gasteiger partial charge in [-0.05, 0) is 31.0 Å². The predicted molar refractivity (Wildman–Crippen MR) is 99.4 cm³/mol. The Bertz CT molecular complexity index is 772. The maximum absolute atomic E-state index is 13.5. The maximum Gasteiger partial charge on any atom is 0.279 e. The monoisotopic (exact) mass is 358 g/mol. The summed E-state index contributed by atoms with van der Waals surface area (Å²) >= 11 is 0. The van der Waals surface area contributed by atoms with Crippen LogP contribution in [-0.2, 0) is 16.1 Å². The number of nitrogens with one attached hydrogen (secondary N) is 3. The fraction of sp³-hybridized carbons (Fsp3) is 0.300. The largest absolute Gasteiger partial charge is 0.347 e. The quantitative estimate of drug-likeness (QED) is 0.697. The number of halogens is 1. The minimum absolute atomic E-state index is 0.132. The van der Waals surface area contributed by atoms with Crippen LogP contribution in [0.4, 0.5) is 10.1 Å². The molecule has 0 aliphatic carbocycles. The maximum atomic E-state index is 13.5. The number of rotatable bonds is 7. The Balaban J connectivity index is 1.80. The highest BCUT2D eigenvalue weighted by atomic mass is 19.1. The van der Waals surface area contributed by atoms with E-state index < -0.39 is 0 Å². The van der Waals surface area contributed by atoms with Gasteiger partial charge in [0.05, 0.1) is 7.05 Å². The van der Waals surface area contributed by atoms with Gasteiger partial charge in [0.1, 0.15) is 5.82 Å². The van der Waals surface area contributed by atoms with Gasteiger partial charge >= 0.3 is 0 Å². The number of quaternary nitrogens is 1. The van der Waals surface area contributed by atoms with Crippen LogP contribution >= 0.6 is 0 Å². The average Bonchev–Trinajstić information content (AvgIpc) is 2.57. The van der Waals surface area contributed by atoms with Crippen LogP contribution in [0, 0.1) is 19.7 Å². The van der Waals surface area contributed by atoms with Crippen molar-refractivity contribution in [1.82, 2.24) is 5.32 Å². The smallest absolute Gasteiger partial charge is 0.279 e. The van der Waals surface area contributed by atoms with Crippen LogP contribution in [0.1, 0.15) is 16.7 Å². The molecule has 5 nitrogen and oxygen atoms in total. The third-order valence-corrected chi connectivity index (χ3v) is 4.10. The topological polar surface area (TPSA) is 62.6 Å². The fourth-order valence-electron chi connectivity index (χ4n) is 2.70. The van der Waals surface area contributed by atoms with Gasteiger partial charge in [-0.25, -0.2) is 4.39 Å². The van der Waals surface area contributed by atoms with E-state index in [4.69, 9.17) is 0 Å². The zero-order chi connectivity index (χ0) is 19.1. The first kappa shape index (κ1) is 19.6. The number of anilines is 1. The normalized spacial score (nSPS) is 11.7. The Morgan fingerprint density at radius 2 is 1.58 bits per heavy atom. The highest BCUT2D eigenvalue weighted by Gasteiger charge is 2.15. The molecule has 0 aliphatic heterocycles. The average molecular weight is 358 g/mol. The molecule has 26 heavy (non-hydrogen) atoms. The number of aryl methyl sites for hydroxylation is 2. The third-order valence-electron chi connectivity index (χ3n) is 4.10. The van der Waals surface area contributed by atoms with Gasteiger partial charge in [-0.1, -0.05) is 36.4 Å². The summed E-state index contributed by atoms with van der Waals surface area (Å²) in [5.74, 6) is -0.728. The number of likely N-dealkylation sites (N-methyl/N-ethyl adjacent to an activating group) is 1. The molecule has 3 N–H and O–H groups in total. The van der Waals surface area contributed by atoms with Crippen molar-refractivity contribution in [3.05, 3.63) is 65.0 Å². The van der Waals surface area contributed by atoms with Gasteiger partial charge < -0.3 is 15.5 Å². The molecule has 0 aromatic heterocycles. The minimum Gasteiger partial charge on any atom is -0.347 e. The van der Waals surface area contributed by atoms with E-state index in [-0.39, 0.29) is 37.3 Å². The summed E-state index contributed by atoms with van der Waals surface area (Å²) in [6.45, 7) is 4.31. The van der Waals surface area contributed by atoms with Gasteiger partial charge in [-0.2, -0.15) is 0 Å². The van der Waals surface area contributed by atoms with Gasteiger partial charge in [-0.15, -0.1) is 0 Å². The van der Waals surface area contributed by atoms with E-state index in [0.29, 0.717) is 5.56 Å². The van der Waals surface area contributed by atoms with Gasteiger partial charge in [0, 0.05) is 17.8 Å². The Hall–Kier alpha value is -2.73. The van der Waals surface area contributed by atoms with Crippen LogP contribution in [0.5, 0.6) is 0 Å². The first-order valence-electron chi connectivity index (χ1n) is 8.54. The van der Waals surface area contributed by atoms with E-state index in [1.165, 1.54) is 6.07 Å². The van der Waals surface area contributed by atoms with E-state index >= 15 is 0 Å². The zero-order valence-corrected chi connectivity index (χ0v) is 15.4. The van der Waals surface area contributed by atoms with Crippen molar-refractivity contribution in [2.24, 2.45) is 0 Å². The first-order chi connectivity index (χ1) is 12.4. The highest BCUT2D eigenvalue weighted by molar-refractivity contribution is 5.93. The number of amides is 2. The SMILES string of the molecule is Cc1cccc(C)c1NC(=O)C[NH+](C)CC(=O)NCc1ccccc1F. The molecule has 1 atom stereocenters. The fourth-order valence-corrected chi connectivity index (χ4v) is 2.70. The van der Waals surface area contributed by atoms with Crippen LogP contribution < -0.4 is 15.5 Å².